The minimum absolute atomic E-state index is 0.0761. The van der Waals surface area contributed by atoms with E-state index in [4.69, 9.17) is 0 Å². The number of quaternary nitrogens is 1. The van der Waals surface area contributed by atoms with Crippen molar-refractivity contribution in [2.45, 2.75) is 6.04 Å². The van der Waals surface area contributed by atoms with Gasteiger partial charge in [0.15, 0.2) is 0 Å². The highest BCUT2D eigenvalue weighted by Crippen LogP contribution is 2.13. The maximum atomic E-state index is 13.7. The van der Waals surface area contributed by atoms with E-state index in [9.17, 15) is 9.18 Å². The molecule has 0 aliphatic carbocycles. The molecule has 0 bridgehead atoms. The van der Waals surface area contributed by atoms with Crippen molar-refractivity contribution in [3.8, 4) is 0 Å². The molecule has 0 heterocycles. The summed E-state index contributed by atoms with van der Waals surface area (Å²) < 4.78 is 13.7. The average molecular weight is 287 g/mol. The van der Waals surface area contributed by atoms with Gasteiger partial charge in [0, 0.05) is 0 Å². The minimum Gasteiger partial charge on any atom is -0.340 e. The van der Waals surface area contributed by atoms with Crippen LogP contribution < -0.4 is 10.2 Å². The van der Waals surface area contributed by atoms with Gasteiger partial charge in [0.1, 0.15) is 18.4 Å². The number of amides is 1. The molecule has 2 N–H and O–H groups in total. The Morgan fingerprint density at radius 3 is 2.33 bits per heavy atom. The summed E-state index contributed by atoms with van der Waals surface area (Å²) in [5.74, 6) is -0.887. The van der Waals surface area contributed by atoms with E-state index in [0.29, 0.717) is 0 Å². The van der Waals surface area contributed by atoms with E-state index in [1.54, 1.807) is 12.1 Å². The Bertz CT molecular complexity index is 599. The van der Waals surface area contributed by atoms with Crippen LogP contribution in [0.15, 0.2) is 54.6 Å². The minimum atomic E-state index is -0.501. The van der Waals surface area contributed by atoms with Crippen molar-refractivity contribution >= 4 is 5.91 Å². The fourth-order valence-corrected chi connectivity index (χ4v) is 2.23. The number of hydrogen-bond acceptors (Lipinski definition) is 1. The van der Waals surface area contributed by atoms with Gasteiger partial charge in [0.2, 0.25) is 0 Å². The molecule has 2 rings (SSSR count). The highest BCUT2D eigenvalue weighted by Gasteiger charge is 2.20. The largest absolute Gasteiger partial charge is 0.340 e. The molecular formula is C17H20FN2O+. The van der Waals surface area contributed by atoms with E-state index < -0.39 is 5.82 Å². The lowest BCUT2D eigenvalue weighted by Crippen LogP contribution is -3.06. The lowest BCUT2D eigenvalue weighted by molar-refractivity contribution is -0.860. The van der Waals surface area contributed by atoms with Gasteiger partial charge in [-0.15, -0.1) is 0 Å². The van der Waals surface area contributed by atoms with Crippen molar-refractivity contribution in [2.24, 2.45) is 0 Å². The lowest BCUT2D eigenvalue weighted by Gasteiger charge is -2.21. The molecule has 0 saturated heterocycles. The second-order valence-corrected chi connectivity index (χ2v) is 5.33. The van der Waals surface area contributed by atoms with E-state index in [1.807, 2.05) is 44.4 Å². The normalized spacial score (nSPS) is 12.2. The van der Waals surface area contributed by atoms with E-state index in [-0.39, 0.29) is 17.5 Å². The maximum absolute atomic E-state index is 13.7. The summed E-state index contributed by atoms with van der Waals surface area (Å²) in [7, 11) is 4.04. The summed E-state index contributed by atoms with van der Waals surface area (Å²) in [6.45, 7) is 0.726. The van der Waals surface area contributed by atoms with Crippen LogP contribution in [0.2, 0.25) is 0 Å². The van der Waals surface area contributed by atoms with Gasteiger partial charge in [-0.25, -0.2) is 4.39 Å². The fraction of sp³-hybridized carbons (Fsp3) is 0.235. The van der Waals surface area contributed by atoms with Gasteiger partial charge in [-0.1, -0.05) is 42.5 Å². The van der Waals surface area contributed by atoms with Crippen molar-refractivity contribution in [3.63, 3.8) is 0 Å². The number of carbonyl (C=O) groups is 1. The predicted octanol–water partition coefficient (Wildman–Crippen LogP) is 1.44. The van der Waals surface area contributed by atoms with Gasteiger partial charge in [0.25, 0.3) is 5.91 Å². The number of nitrogens with one attached hydrogen (secondary N) is 2. The summed E-state index contributed by atoms with van der Waals surface area (Å²) in [6.07, 6.45) is 0. The molecule has 4 heteroatoms. The van der Waals surface area contributed by atoms with Crippen LogP contribution in [-0.2, 0) is 0 Å². The molecular weight excluding hydrogens is 267 g/mol. The Labute approximate surface area is 124 Å². The molecule has 21 heavy (non-hydrogen) atoms. The van der Waals surface area contributed by atoms with E-state index in [2.05, 4.69) is 5.32 Å². The first kappa shape index (κ1) is 15.2. The summed E-state index contributed by atoms with van der Waals surface area (Å²) in [6, 6.07) is 15.6. The van der Waals surface area contributed by atoms with Crippen molar-refractivity contribution in [1.82, 2.24) is 5.32 Å². The summed E-state index contributed by atoms with van der Waals surface area (Å²) >= 11 is 0. The van der Waals surface area contributed by atoms with Crippen LogP contribution in [0.5, 0.6) is 0 Å². The number of benzene rings is 2. The van der Waals surface area contributed by atoms with Crippen molar-refractivity contribution in [1.29, 1.82) is 0 Å². The molecule has 3 nitrogen and oxygen atoms in total. The number of halogens is 1. The van der Waals surface area contributed by atoms with E-state index in [1.165, 1.54) is 17.0 Å². The van der Waals surface area contributed by atoms with Crippen LogP contribution in [-0.4, -0.2) is 26.5 Å². The third-order valence-corrected chi connectivity index (χ3v) is 3.24. The second kappa shape index (κ2) is 6.99. The Kier molecular flexibility index (Phi) is 5.06. The summed E-state index contributed by atoms with van der Waals surface area (Å²) in [5.41, 5.74) is 1.09. The van der Waals surface area contributed by atoms with Gasteiger partial charge in [0.05, 0.1) is 19.7 Å². The Morgan fingerprint density at radius 2 is 1.71 bits per heavy atom. The van der Waals surface area contributed by atoms with Crippen LogP contribution in [0.4, 0.5) is 4.39 Å². The Balaban J connectivity index is 2.19. The molecule has 0 aromatic heterocycles. The molecule has 110 valence electrons. The standard InChI is InChI=1S/C17H19FN2O/c1-20(2)12-16(13-8-4-3-5-9-13)19-17(21)14-10-6-7-11-15(14)18/h3-11,16H,12H2,1-2H3,(H,19,21)/p+1/t16-/m0/s1. The van der Waals surface area contributed by atoms with E-state index >= 15 is 0 Å². The molecule has 0 fully saturated rings. The second-order valence-electron chi connectivity index (χ2n) is 5.33. The van der Waals surface area contributed by atoms with Gasteiger partial charge < -0.3 is 10.2 Å². The molecule has 2 aromatic rings. The number of carbonyl (C=O) groups excluding carboxylic acids is 1. The number of likely N-dealkylation sites (N-methyl/N-ethyl adjacent to an activating group) is 1. The third kappa shape index (κ3) is 4.13. The molecule has 0 spiro atoms. The SMILES string of the molecule is C[NH+](C)C[C@H](NC(=O)c1ccccc1F)c1ccccc1. The number of rotatable bonds is 5. The molecule has 0 radical (unpaired) electrons. The number of hydrogen-bond donors (Lipinski definition) is 2. The van der Waals surface area contributed by atoms with Gasteiger partial charge >= 0.3 is 0 Å². The first-order valence-corrected chi connectivity index (χ1v) is 6.97. The zero-order valence-electron chi connectivity index (χ0n) is 12.3. The molecule has 0 aliphatic heterocycles. The van der Waals surface area contributed by atoms with Crippen LogP contribution >= 0.6 is 0 Å². The highest BCUT2D eigenvalue weighted by atomic mass is 19.1. The predicted molar refractivity (Wildman–Crippen MR) is 80.7 cm³/mol. The lowest BCUT2D eigenvalue weighted by atomic mass is 10.1. The Hall–Kier alpha value is -2.20. The van der Waals surface area contributed by atoms with Crippen LogP contribution in [0.25, 0.3) is 0 Å². The molecule has 1 amide bonds. The molecule has 1 atom stereocenters. The van der Waals surface area contributed by atoms with Crippen molar-refractivity contribution in [3.05, 3.63) is 71.5 Å². The summed E-state index contributed by atoms with van der Waals surface area (Å²) in [4.78, 5) is 13.5. The Morgan fingerprint density at radius 1 is 1.10 bits per heavy atom. The van der Waals surface area contributed by atoms with Crippen LogP contribution in [0, 0.1) is 5.82 Å². The smallest absolute Gasteiger partial charge is 0.254 e. The molecule has 0 saturated carbocycles. The molecule has 0 aliphatic rings. The average Bonchev–Trinajstić information content (AvgIpc) is 2.47. The molecule has 2 aromatic carbocycles. The van der Waals surface area contributed by atoms with Crippen LogP contribution in [0.3, 0.4) is 0 Å². The van der Waals surface area contributed by atoms with E-state index in [0.717, 1.165) is 12.1 Å². The van der Waals surface area contributed by atoms with Gasteiger partial charge in [-0.3, -0.25) is 4.79 Å². The molecule has 0 unspecified atom stereocenters. The first-order chi connectivity index (χ1) is 10.1. The zero-order chi connectivity index (χ0) is 15.2. The van der Waals surface area contributed by atoms with Crippen molar-refractivity contribution < 1.29 is 14.1 Å². The highest BCUT2D eigenvalue weighted by molar-refractivity contribution is 5.94. The quantitative estimate of drug-likeness (QED) is 0.857. The van der Waals surface area contributed by atoms with Gasteiger partial charge in [-0.2, -0.15) is 0 Å². The maximum Gasteiger partial charge on any atom is 0.254 e. The topological polar surface area (TPSA) is 33.5 Å². The fourth-order valence-electron chi connectivity index (χ4n) is 2.23. The van der Waals surface area contributed by atoms with Crippen molar-refractivity contribution in [2.75, 3.05) is 20.6 Å². The van der Waals surface area contributed by atoms with Crippen LogP contribution in [0.1, 0.15) is 22.0 Å². The summed E-state index contributed by atoms with van der Waals surface area (Å²) in [5, 5.41) is 2.92. The zero-order valence-corrected chi connectivity index (χ0v) is 12.3. The third-order valence-electron chi connectivity index (χ3n) is 3.24. The van der Waals surface area contributed by atoms with Gasteiger partial charge in [-0.05, 0) is 17.7 Å². The first-order valence-electron chi connectivity index (χ1n) is 6.97. The monoisotopic (exact) mass is 287 g/mol.